The molecule has 8 N–H and O–H groups in total. The summed E-state index contributed by atoms with van der Waals surface area (Å²) in [5.74, 6) is 0. The van der Waals surface area contributed by atoms with Gasteiger partial charge in [0.2, 0.25) is 0 Å². The van der Waals surface area contributed by atoms with Crippen LogP contribution in [0.5, 0.6) is 0 Å². The second-order valence-corrected chi connectivity index (χ2v) is 18.0. The smallest absolute Gasteiger partial charge is 0.382 e. The number of ether oxygens (including phenoxy) is 13. The molecule has 12 atom stereocenters. The van der Waals surface area contributed by atoms with Crippen molar-refractivity contribution in [1.29, 1.82) is 0 Å². The van der Waals surface area contributed by atoms with Gasteiger partial charge in [0.05, 0.1) is 79.3 Å². The first-order valence-electron chi connectivity index (χ1n) is 18.8. The van der Waals surface area contributed by atoms with E-state index in [1.54, 1.807) is 0 Å². The fourth-order valence-electron chi connectivity index (χ4n) is 6.75. The highest BCUT2D eigenvalue weighted by Gasteiger charge is 2.59. The van der Waals surface area contributed by atoms with Crippen LogP contribution in [0.15, 0.2) is 0 Å². The molecule has 0 radical (unpaired) electrons. The molecule has 0 amide bonds. The van der Waals surface area contributed by atoms with E-state index < -0.39 is 111 Å². The van der Waals surface area contributed by atoms with E-state index in [-0.39, 0.29) is 59.5 Å². The second-order valence-electron chi connectivity index (χ2n) is 13.2. The van der Waals surface area contributed by atoms with E-state index in [0.717, 1.165) is 14.2 Å². The summed E-state index contributed by atoms with van der Waals surface area (Å²) < 4.78 is 140. The van der Waals surface area contributed by atoms with Gasteiger partial charge < -0.3 is 101 Å². The van der Waals surface area contributed by atoms with Gasteiger partial charge in [-0.25, -0.2) is 18.3 Å². The Morgan fingerprint density at radius 1 is 0.286 bits per heavy atom. The molecule has 2 saturated carbocycles. The van der Waals surface area contributed by atoms with E-state index in [2.05, 4.69) is 0 Å². The highest BCUT2D eigenvalue weighted by atomic mass is 31.2. The zero-order valence-electron chi connectivity index (χ0n) is 35.4. The molecule has 0 unspecified atom stereocenters. The minimum absolute atomic E-state index is 0.0442. The molecule has 63 heavy (non-hydrogen) atoms. The van der Waals surface area contributed by atoms with Crippen LogP contribution in [0.3, 0.4) is 0 Å². The van der Waals surface area contributed by atoms with Crippen LogP contribution in [-0.2, 0) is 97.9 Å². The zero-order chi connectivity index (χ0) is 47.4. The molecule has 2 rings (SSSR count). The molecule has 29 nitrogen and oxygen atoms in total. The van der Waals surface area contributed by atoms with Crippen molar-refractivity contribution in [3.8, 4) is 0 Å². The lowest BCUT2D eigenvalue weighted by atomic mass is 9.84. The normalized spacial score (nSPS) is 29.9. The molecule has 2 aliphatic carbocycles. The lowest BCUT2D eigenvalue weighted by Crippen LogP contribution is -2.67. The molecule has 0 aromatic rings. The lowest BCUT2D eigenvalue weighted by molar-refractivity contribution is -0.266. The van der Waals surface area contributed by atoms with Crippen LogP contribution in [0.25, 0.3) is 0 Å². The fourth-order valence-corrected chi connectivity index (χ4v) is 8.98. The van der Waals surface area contributed by atoms with Crippen LogP contribution in [-0.4, -0.2) is 234 Å². The van der Waals surface area contributed by atoms with E-state index >= 15 is 0 Å². The zero-order valence-corrected chi connectivity index (χ0v) is 38.9. The van der Waals surface area contributed by atoms with Crippen molar-refractivity contribution in [3.63, 3.8) is 0 Å². The number of hydrogen-bond donors (Lipinski definition) is 8. The first-order valence-corrected chi connectivity index (χ1v) is 24.9. The van der Waals surface area contributed by atoms with Crippen molar-refractivity contribution < 1.29 is 137 Å². The number of methoxy groups -OCH3 is 6. The van der Waals surface area contributed by atoms with Gasteiger partial charge in [-0.05, 0) is 0 Å². The van der Waals surface area contributed by atoms with Gasteiger partial charge in [-0.1, -0.05) is 0 Å². The molecule has 33 heteroatoms. The van der Waals surface area contributed by atoms with Gasteiger partial charge >= 0.3 is 31.3 Å². The van der Waals surface area contributed by atoms with E-state index in [0.29, 0.717) is 13.2 Å². The van der Waals surface area contributed by atoms with Gasteiger partial charge in [-0.15, -0.1) is 0 Å². The van der Waals surface area contributed by atoms with Gasteiger partial charge in [0.25, 0.3) is 0 Å². The van der Waals surface area contributed by atoms with Gasteiger partial charge in [-0.3, -0.25) is 18.1 Å². The van der Waals surface area contributed by atoms with Crippen LogP contribution in [0.1, 0.15) is 0 Å². The summed E-state index contributed by atoms with van der Waals surface area (Å²) in [4.78, 5) is 77.9. The maximum Gasteiger partial charge on any atom is 0.470 e. The number of hydrogen-bond acceptors (Lipinski definition) is 21. The maximum atomic E-state index is 12.3. The van der Waals surface area contributed by atoms with E-state index in [4.69, 9.17) is 79.7 Å². The molecular formula is C30H62O29P4. The molecule has 0 bridgehead atoms. The molecule has 2 fully saturated rings. The topological polar surface area (TPSA) is 387 Å². The van der Waals surface area contributed by atoms with E-state index in [1.807, 2.05) is 0 Å². The molecule has 0 heterocycles. The highest BCUT2D eigenvalue weighted by molar-refractivity contribution is 7.47. The molecule has 0 saturated heterocycles. The monoisotopic (exact) mass is 1010 g/mol. The quantitative estimate of drug-likeness (QED) is 0.0252. The maximum absolute atomic E-state index is 12.3. The highest BCUT2D eigenvalue weighted by Crippen LogP contribution is 2.51. The van der Waals surface area contributed by atoms with E-state index in [9.17, 15) is 57.4 Å². The predicted octanol–water partition coefficient (Wildman–Crippen LogP) is -2.13. The van der Waals surface area contributed by atoms with Crippen molar-refractivity contribution >= 4 is 31.3 Å². The minimum Gasteiger partial charge on any atom is -0.382 e. The van der Waals surface area contributed by atoms with E-state index in [1.165, 1.54) is 28.4 Å². The van der Waals surface area contributed by atoms with Crippen LogP contribution >= 0.6 is 31.3 Å². The van der Waals surface area contributed by atoms with Crippen molar-refractivity contribution in [1.82, 2.24) is 0 Å². The van der Waals surface area contributed by atoms with Crippen LogP contribution in [0.2, 0.25) is 0 Å². The molecule has 2 aliphatic rings. The van der Waals surface area contributed by atoms with Crippen LogP contribution in [0, 0.1) is 0 Å². The lowest BCUT2D eigenvalue weighted by Gasteiger charge is -2.48. The van der Waals surface area contributed by atoms with Crippen LogP contribution < -0.4 is 0 Å². The molecule has 0 aromatic carbocycles. The third kappa shape index (κ3) is 21.4. The minimum atomic E-state index is -5.56. The molecule has 376 valence electrons. The molecule has 0 aliphatic heterocycles. The number of phosphoric ester groups is 4. The summed E-state index contributed by atoms with van der Waals surface area (Å²) in [6, 6.07) is 0. The average Bonchev–Trinajstić information content (AvgIpc) is 3.17. The Labute approximate surface area is 363 Å². The molecule has 0 aromatic heterocycles. The largest absolute Gasteiger partial charge is 0.470 e. The standard InChI is InChI=1S/C30H62O29P4/c1-43-7-9-49-11-16-53-24-21(47-5)23(22(48-6)25(29(24)58-62(37,38)39)54-17-12-50-10-8-44-2)52-15-13-51-14-18-55-26-27(56-60(31,32)33)19(45-3)20(46-4)28(57-61(34,35)36)30(26)59-63(40,41)42/h19-30H,7-18H2,1-6H3,(H2,31,32,33)(H2,34,35,36)(H2,37,38,39)(H2,40,41,42)/t19-,20-,21-,22+,23+,24+,25-,26+,27+,28+,29-,30+/m1/s1. The van der Waals surface area contributed by atoms with Gasteiger partial charge in [0.1, 0.15) is 73.2 Å². The SMILES string of the molecule is COCCOCCO[C@@H]1[C@@H](OC)[C@@H](OCCOCCO[C@H]2[C@@H](OP(=O)(O)O)[C@H](OC)[C@@H](OC)[C@H](OP(=O)(O)O)[C@H]2OP(=O)(O)O)[C@@H](OC)[C@H](OCCOCCOC)[C@H]1OP(=O)(O)O. The second kappa shape index (κ2) is 29.1. The van der Waals surface area contributed by atoms with Crippen molar-refractivity contribution in [3.05, 3.63) is 0 Å². The summed E-state index contributed by atoms with van der Waals surface area (Å²) in [6.45, 7) is -0.410. The average molecular weight is 1010 g/mol. The number of phosphoric acid groups is 4. The first-order chi connectivity index (χ1) is 29.6. The molecule has 0 spiro atoms. The predicted molar refractivity (Wildman–Crippen MR) is 206 cm³/mol. The third-order valence-electron chi connectivity index (χ3n) is 9.03. The first kappa shape index (κ1) is 59.0. The van der Waals surface area contributed by atoms with Crippen LogP contribution in [0.4, 0.5) is 0 Å². The summed E-state index contributed by atoms with van der Waals surface area (Å²) >= 11 is 0. The number of rotatable bonds is 34. The summed E-state index contributed by atoms with van der Waals surface area (Å²) in [5.41, 5.74) is 0. The Kier molecular flexibility index (Phi) is 27.2. The Bertz CT molecular complexity index is 1410. The Hall–Kier alpha value is -0.0800. The Morgan fingerprint density at radius 2 is 0.476 bits per heavy atom. The van der Waals surface area contributed by atoms with Gasteiger partial charge in [0, 0.05) is 42.7 Å². The van der Waals surface area contributed by atoms with Crippen molar-refractivity contribution in [2.75, 3.05) is 122 Å². The van der Waals surface area contributed by atoms with Crippen molar-refractivity contribution in [2.45, 2.75) is 73.2 Å². The third-order valence-corrected chi connectivity index (χ3v) is 11.1. The Morgan fingerprint density at radius 3 is 0.730 bits per heavy atom. The summed E-state index contributed by atoms with van der Waals surface area (Å²) in [7, 11) is -14.1. The van der Waals surface area contributed by atoms with Gasteiger partial charge in [0.15, 0.2) is 0 Å². The fraction of sp³-hybridized carbons (Fsp3) is 1.00. The summed E-state index contributed by atoms with van der Waals surface area (Å²) in [6.07, 6.45) is -18.9. The van der Waals surface area contributed by atoms with Crippen molar-refractivity contribution in [2.24, 2.45) is 0 Å². The Balaban J connectivity index is 2.30. The van der Waals surface area contributed by atoms with Gasteiger partial charge in [-0.2, -0.15) is 0 Å². The molecular weight excluding hydrogens is 948 g/mol. The summed E-state index contributed by atoms with van der Waals surface area (Å²) in [5, 5.41) is 0.